The monoisotopic (exact) mass is 305 g/mol. The van der Waals surface area contributed by atoms with Gasteiger partial charge < -0.3 is 20.1 Å². The molecule has 3 rings (SSSR count). The van der Waals surface area contributed by atoms with Gasteiger partial charge in [0.1, 0.15) is 11.9 Å². The molecule has 0 spiro atoms. The molecule has 1 aromatic carbocycles. The van der Waals surface area contributed by atoms with E-state index in [2.05, 4.69) is 17.3 Å². The van der Waals surface area contributed by atoms with Crippen molar-refractivity contribution in [3.63, 3.8) is 0 Å². The van der Waals surface area contributed by atoms with E-state index in [1.165, 1.54) is 12.8 Å². The van der Waals surface area contributed by atoms with Crippen LogP contribution < -0.4 is 15.8 Å². The molecule has 2 atom stereocenters. The normalized spacial score (nSPS) is 27.5. The molecule has 2 aliphatic rings. The Bertz CT molecular complexity index is 550. The summed E-state index contributed by atoms with van der Waals surface area (Å²) in [6, 6.07) is 6.23. The van der Waals surface area contributed by atoms with Crippen molar-refractivity contribution in [2.24, 2.45) is 0 Å². The number of hydrogen-bond acceptors (Lipinski definition) is 5. The third-order valence-corrected chi connectivity index (χ3v) is 4.82. The van der Waals surface area contributed by atoms with E-state index in [0.29, 0.717) is 29.2 Å². The van der Waals surface area contributed by atoms with Gasteiger partial charge in [-0.2, -0.15) is 0 Å². The number of carbonyl (C=O) groups excluding carboxylic acids is 1. The first-order valence-electron chi connectivity index (χ1n) is 7.70. The van der Waals surface area contributed by atoms with Crippen LogP contribution in [0.5, 0.6) is 5.75 Å². The van der Waals surface area contributed by atoms with E-state index in [4.69, 9.17) is 15.2 Å². The summed E-state index contributed by atoms with van der Waals surface area (Å²) < 4.78 is 10.7. The van der Waals surface area contributed by atoms with Crippen molar-refractivity contribution < 1.29 is 14.3 Å². The van der Waals surface area contributed by atoms with E-state index in [1.807, 2.05) is 0 Å². The summed E-state index contributed by atoms with van der Waals surface area (Å²) in [6.45, 7) is 0. The highest BCUT2D eigenvalue weighted by atomic mass is 16.6. The zero-order chi connectivity index (χ0) is 15.7. The topological polar surface area (TPSA) is 76.8 Å². The highest BCUT2D eigenvalue weighted by Gasteiger charge is 2.39. The van der Waals surface area contributed by atoms with Crippen LogP contribution in [-0.2, 0) is 4.74 Å². The van der Waals surface area contributed by atoms with Gasteiger partial charge in [-0.25, -0.2) is 4.79 Å². The molecule has 0 radical (unpaired) electrons. The number of fused-ring (bicyclic) bond motifs is 2. The lowest BCUT2D eigenvalue weighted by molar-refractivity contribution is 0.0348. The number of anilines is 2. The van der Waals surface area contributed by atoms with Crippen LogP contribution in [0.4, 0.5) is 16.2 Å². The second kappa shape index (κ2) is 6.04. The molecule has 2 bridgehead atoms. The number of carbonyl (C=O) groups is 1. The van der Waals surface area contributed by atoms with Crippen molar-refractivity contribution in [3.8, 4) is 5.75 Å². The quantitative estimate of drug-likeness (QED) is 0.839. The molecule has 1 amide bonds. The molecule has 6 heteroatoms. The molecule has 120 valence electrons. The van der Waals surface area contributed by atoms with Crippen LogP contribution in [0.3, 0.4) is 0 Å². The maximum absolute atomic E-state index is 12.1. The number of rotatable bonds is 3. The molecule has 3 N–H and O–H groups in total. The summed E-state index contributed by atoms with van der Waals surface area (Å²) in [5.74, 6) is 0.656. The molecule has 1 aromatic rings. The summed E-state index contributed by atoms with van der Waals surface area (Å²) in [6.07, 6.45) is 3.79. The fraction of sp³-hybridized carbons (Fsp3) is 0.562. The van der Waals surface area contributed by atoms with Gasteiger partial charge in [0.15, 0.2) is 0 Å². The van der Waals surface area contributed by atoms with E-state index >= 15 is 0 Å². The predicted molar refractivity (Wildman–Crippen MR) is 85.1 cm³/mol. The largest absolute Gasteiger partial charge is 0.497 e. The highest BCUT2D eigenvalue weighted by molar-refractivity contribution is 5.89. The summed E-state index contributed by atoms with van der Waals surface area (Å²) in [5, 5.41) is 2.71. The lowest BCUT2D eigenvalue weighted by Gasteiger charge is -2.35. The summed E-state index contributed by atoms with van der Waals surface area (Å²) in [7, 11) is 3.74. The molecular formula is C16H23N3O3. The summed E-state index contributed by atoms with van der Waals surface area (Å²) >= 11 is 0. The molecular weight excluding hydrogens is 282 g/mol. The number of piperidine rings is 1. The zero-order valence-corrected chi connectivity index (χ0v) is 13.0. The molecule has 2 saturated heterocycles. The summed E-state index contributed by atoms with van der Waals surface area (Å²) in [4.78, 5) is 14.5. The molecule has 0 aliphatic carbocycles. The van der Waals surface area contributed by atoms with Crippen molar-refractivity contribution in [2.75, 3.05) is 25.2 Å². The maximum Gasteiger partial charge on any atom is 0.411 e. The number of hydrogen-bond donors (Lipinski definition) is 2. The van der Waals surface area contributed by atoms with Gasteiger partial charge in [-0.3, -0.25) is 5.32 Å². The van der Waals surface area contributed by atoms with Gasteiger partial charge in [0, 0.05) is 31.0 Å². The van der Waals surface area contributed by atoms with Gasteiger partial charge in [0.25, 0.3) is 0 Å². The summed E-state index contributed by atoms with van der Waals surface area (Å²) in [5.41, 5.74) is 6.90. The molecule has 6 nitrogen and oxygen atoms in total. The molecule has 0 aromatic heterocycles. The predicted octanol–water partition coefficient (Wildman–Crippen LogP) is 2.45. The van der Waals surface area contributed by atoms with Crippen molar-refractivity contribution in [2.45, 2.75) is 43.9 Å². The number of nitrogens with one attached hydrogen (secondary N) is 1. The van der Waals surface area contributed by atoms with E-state index in [1.54, 1.807) is 25.3 Å². The Morgan fingerprint density at radius 2 is 2.00 bits per heavy atom. The number of nitrogens with two attached hydrogens (primary N) is 1. The first kappa shape index (κ1) is 15.0. The van der Waals surface area contributed by atoms with E-state index in [-0.39, 0.29) is 6.10 Å². The lowest BCUT2D eigenvalue weighted by Crippen LogP contribution is -2.43. The third kappa shape index (κ3) is 2.97. The highest BCUT2D eigenvalue weighted by Crippen LogP contribution is 2.35. The number of amides is 1. The maximum atomic E-state index is 12.1. The second-order valence-electron chi connectivity index (χ2n) is 6.13. The Morgan fingerprint density at radius 3 is 2.59 bits per heavy atom. The van der Waals surface area contributed by atoms with Crippen LogP contribution in [0.25, 0.3) is 0 Å². The Kier molecular flexibility index (Phi) is 4.11. The van der Waals surface area contributed by atoms with Crippen molar-refractivity contribution in [3.05, 3.63) is 18.2 Å². The number of ether oxygens (including phenoxy) is 2. The molecule has 0 saturated carbocycles. The third-order valence-electron chi connectivity index (χ3n) is 4.82. The van der Waals surface area contributed by atoms with Crippen LogP contribution in [0.2, 0.25) is 0 Å². The van der Waals surface area contributed by atoms with Crippen molar-refractivity contribution in [1.82, 2.24) is 4.90 Å². The second-order valence-corrected chi connectivity index (χ2v) is 6.13. The van der Waals surface area contributed by atoms with Gasteiger partial charge in [-0.05, 0) is 32.0 Å². The van der Waals surface area contributed by atoms with Crippen molar-refractivity contribution in [1.29, 1.82) is 0 Å². The first-order chi connectivity index (χ1) is 10.6. The van der Waals surface area contributed by atoms with Gasteiger partial charge in [-0.1, -0.05) is 0 Å². The molecule has 2 unspecified atom stereocenters. The molecule has 2 aliphatic heterocycles. The Labute approximate surface area is 130 Å². The number of methoxy groups -OCH3 is 1. The average Bonchev–Trinajstić information content (AvgIpc) is 2.72. The fourth-order valence-corrected chi connectivity index (χ4v) is 3.53. The Balaban J connectivity index is 1.57. The number of benzene rings is 1. The minimum absolute atomic E-state index is 0.00632. The van der Waals surface area contributed by atoms with Crippen LogP contribution in [0, 0.1) is 0 Å². The zero-order valence-electron chi connectivity index (χ0n) is 13.0. The minimum atomic E-state index is -0.439. The molecule has 2 heterocycles. The van der Waals surface area contributed by atoms with Gasteiger partial charge in [0.2, 0.25) is 0 Å². The number of nitrogens with zero attached hydrogens (tertiary/aromatic N) is 1. The van der Waals surface area contributed by atoms with Crippen LogP contribution in [0.1, 0.15) is 25.7 Å². The van der Waals surface area contributed by atoms with Crippen LogP contribution in [0.15, 0.2) is 18.2 Å². The molecule has 22 heavy (non-hydrogen) atoms. The Hall–Kier alpha value is -1.95. The van der Waals surface area contributed by atoms with Gasteiger partial charge >= 0.3 is 6.09 Å². The standard InChI is InChI=1S/C16H23N3O3/c1-19-10-3-4-11(19)8-13(7-10)22-16(20)18-15-6-5-12(21-2)9-14(15)17/h5-6,9-11,13H,3-4,7-8,17H2,1-2H3,(H,18,20). The van der Waals surface area contributed by atoms with Gasteiger partial charge in [0.05, 0.1) is 18.5 Å². The SMILES string of the molecule is COc1ccc(NC(=O)OC2CC3CCC(C2)N3C)c(N)c1. The lowest BCUT2D eigenvalue weighted by atomic mass is 10.0. The van der Waals surface area contributed by atoms with E-state index in [0.717, 1.165) is 12.8 Å². The first-order valence-corrected chi connectivity index (χ1v) is 7.70. The smallest absolute Gasteiger partial charge is 0.411 e. The fourth-order valence-electron chi connectivity index (χ4n) is 3.53. The van der Waals surface area contributed by atoms with Gasteiger partial charge in [-0.15, -0.1) is 0 Å². The van der Waals surface area contributed by atoms with E-state index < -0.39 is 6.09 Å². The van der Waals surface area contributed by atoms with E-state index in [9.17, 15) is 4.79 Å². The minimum Gasteiger partial charge on any atom is -0.497 e. The Morgan fingerprint density at radius 1 is 1.32 bits per heavy atom. The van der Waals surface area contributed by atoms with Crippen LogP contribution in [-0.4, -0.2) is 43.3 Å². The van der Waals surface area contributed by atoms with Crippen LogP contribution >= 0.6 is 0 Å². The van der Waals surface area contributed by atoms with Crippen molar-refractivity contribution >= 4 is 17.5 Å². The molecule has 2 fully saturated rings. The average molecular weight is 305 g/mol. The number of nitrogen functional groups attached to an aromatic ring is 1.